The van der Waals surface area contributed by atoms with Gasteiger partial charge < -0.3 is 81.3 Å². The van der Waals surface area contributed by atoms with Crippen LogP contribution in [0.1, 0.15) is 143 Å². The lowest BCUT2D eigenvalue weighted by atomic mass is 9.79. The van der Waals surface area contributed by atoms with Crippen molar-refractivity contribution in [2.45, 2.75) is 307 Å². The average molecular weight is 1080 g/mol. The molecule has 2 unspecified atom stereocenters. The van der Waals surface area contributed by atoms with Crippen molar-refractivity contribution >= 4 is 5.97 Å². The first-order valence-electron chi connectivity index (χ1n) is 30.2. The van der Waals surface area contributed by atoms with Gasteiger partial charge in [-0.25, -0.2) is 0 Å². The van der Waals surface area contributed by atoms with Crippen molar-refractivity contribution < 1.29 is 86.1 Å². The summed E-state index contributed by atoms with van der Waals surface area (Å²) in [6, 6.07) is 0. The van der Waals surface area contributed by atoms with Gasteiger partial charge in [0, 0.05) is 70.3 Å². The van der Waals surface area contributed by atoms with Crippen molar-refractivity contribution in [1.82, 2.24) is 0 Å². The van der Waals surface area contributed by atoms with Crippen molar-refractivity contribution in [1.29, 1.82) is 0 Å². The molecule has 12 bridgehead atoms. The second kappa shape index (κ2) is 19.4. The Balaban J connectivity index is 0.663. The van der Waals surface area contributed by atoms with Crippen LogP contribution < -0.4 is 0 Å². The van der Waals surface area contributed by atoms with Crippen LogP contribution in [0.2, 0.25) is 0 Å². The first kappa shape index (κ1) is 52.1. The van der Waals surface area contributed by atoms with Gasteiger partial charge in [0.2, 0.25) is 0 Å². The van der Waals surface area contributed by atoms with E-state index >= 15 is 0 Å². The first-order valence-corrected chi connectivity index (χ1v) is 30.2. The molecule has 18 nitrogen and oxygen atoms in total. The minimum Gasteiger partial charge on any atom is -0.459 e. The number of hydrogen-bond acceptors (Lipinski definition) is 18. The Morgan fingerprint density at radius 1 is 0.506 bits per heavy atom. The fourth-order valence-corrected chi connectivity index (χ4v) is 18.0. The lowest BCUT2D eigenvalue weighted by Gasteiger charge is -2.50. The third-order valence-corrected chi connectivity index (χ3v) is 21.6. The van der Waals surface area contributed by atoms with Gasteiger partial charge >= 0.3 is 5.97 Å². The van der Waals surface area contributed by atoms with Crippen LogP contribution in [-0.2, 0) is 75.8 Å². The Hall–Kier alpha value is -1.69. The topological polar surface area (TPSA) is 196 Å². The molecule has 0 aliphatic carbocycles. The summed E-state index contributed by atoms with van der Waals surface area (Å²) in [5, 5.41) is 20.2. The van der Waals surface area contributed by atoms with Gasteiger partial charge in [-0.05, 0) is 80.3 Å². The molecule has 16 heterocycles. The number of carbonyl (C=O) groups excluding carboxylic acids is 1. The molecule has 0 amide bonds. The molecule has 16 saturated heterocycles. The highest BCUT2D eigenvalue weighted by atomic mass is 16.8. The molecule has 0 saturated carbocycles. The van der Waals surface area contributed by atoms with E-state index in [2.05, 4.69) is 40.9 Å². The van der Waals surface area contributed by atoms with Crippen LogP contribution in [0.15, 0.2) is 24.3 Å². The molecular weight excluding hydrogens is 997 g/mol. The zero-order chi connectivity index (χ0) is 52.4. The van der Waals surface area contributed by atoms with Crippen LogP contribution in [0, 0.1) is 23.7 Å². The van der Waals surface area contributed by atoms with Gasteiger partial charge in [-0.2, -0.15) is 0 Å². The molecule has 2 N–H and O–H groups in total. The molecule has 16 aliphatic rings. The van der Waals surface area contributed by atoms with E-state index in [9.17, 15) is 15.0 Å². The monoisotopic (exact) mass is 1080 g/mol. The molecule has 16 rings (SSSR count). The summed E-state index contributed by atoms with van der Waals surface area (Å²) in [5.74, 6) is -2.57. The number of carbonyl (C=O) groups is 1. The fourth-order valence-electron chi connectivity index (χ4n) is 18.0. The molecule has 16 aliphatic heterocycles. The summed E-state index contributed by atoms with van der Waals surface area (Å²) < 4.78 is 104. The molecular formula is C59H84O18. The van der Waals surface area contributed by atoms with E-state index in [0.717, 1.165) is 49.7 Å². The Labute approximate surface area is 452 Å². The Morgan fingerprint density at radius 3 is 2.04 bits per heavy atom. The molecule has 0 aromatic rings. The van der Waals surface area contributed by atoms with Crippen LogP contribution >= 0.6 is 0 Å². The van der Waals surface area contributed by atoms with Crippen LogP contribution in [0.5, 0.6) is 0 Å². The van der Waals surface area contributed by atoms with Crippen LogP contribution in [0.25, 0.3) is 0 Å². The van der Waals surface area contributed by atoms with Crippen molar-refractivity contribution in [3.05, 3.63) is 24.3 Å². The normalized spacial score (nSPS) is 57.9. The van der Waals surface area contributed by atoms with E-state index in [0.29, 0.717) is 64.2 Å². The van der Waals surface area contributed by atoms with Gasteiger partial charge in [-0.3, -0.25) is 4.79 Å². The van der Waals surface area contributed by atoms with Gasteiger partial charge in [0.15, 0.2) is 17.4 Å². The molecule has 428 valence electrons. The maximum absolute atomic E-state index is 14.6. The van der Waals surface area contributed by atoms with Crippen molar-refractivity contribution in [3.8, 4) is 0 Å². The molecule has 0 aromatic heterocycles. The van der Waals surface area contributed by atoms with Gasteiger partial charge in [0.1, 0.15) is 36.6 Å². The highest BCUT2D eigenvalue weighted by Gasteiger charge is 2.70. The molecule has 16 fully saturated rings. The van der Waals surface area contributed by atoms with E-state index < -0.39 is 47.9 Å². The number of fused-ring (bicyclic) bond motifs is 10. The van der Waals surface area contributed by atoms with Crippen LogP contribution in [-0.4, -0.2) is 187 Å². The second-order valence-corrected chi connectivity index (χ2v) is 27.0. The maximum Gasteiger partial charge on any atom is 0.308 e. The second-order valence-electron chi connectivity index (χ2n) is 27.0. The Bertz CT molecular complexity index is 2290. The van der Waals surface area contributed by atoms with Crippen LogP contribution in [0.4, 0.5) is 0 Å². The Morgan fingerprint density at radius 2 is 1.18 bits per heavy atom. The summed E-state index contributed by atoms with van der Waals surface area (Å²) in [6.07, 6.45) is 4.39. The number of esters is 1. The zero-order valence-corrected chi connectivity index (χ0v) is 45.4. The standard InChI is InChI=1S/C59H84O18/c1-26-15-32-7-9-36-27(2)16-34(63-36)11-13-57-24-45-53(76-57)54-55(70-45)56(77-57)52-37(67-54)10-8-33(65-52)17-47(62)71-51-31(6)50-42(66-41(51)18-38(64-32)30(26)5)20-40-44(69-50)23-59(72-40)25-46-49(75-59)29(4)22-58(74-46)21-28(3)48-43(73-58)19-39(68-48)35(61)12-14-60/h26,28-29,31-46,48-56,60-61H,2,5,7-25H2,1,3-4,6H3/t26-,28+,29+,31+,32+,33-,34+,35+,36+,37+,38-,39+,40-,41+,42+,43+,44-,45?,46+,48+,49+,50+,51-,52+,53?,54+,55-,56+,57+,58-,59+/m1/s1. The third kappa shape index (κ3) is 8.95. The van der Waals surface area contributed by atoms with E-state index in [-0.39, 0.29) is 165 Å². The van der Waals surface area contributed by atoms with Crippen LogP contribution in [0.3, 0.4) is 0 Å². The summed E-state index contributed by atoms with van der Waals surface area (Å²) in [4.78, 5) is 14.6. The van der Waals surface area contributed by atoms with Gasteiger partial charge in [-0.15, -0.1) is 0 Å². The van der Waals surface area contributed by atoms with Gasteiger partial charge in [-0.1, -0.05) is 40.9 Å². The summed E-state index contributed by atoms with van der Waals surface area (Å²) >= 11 is 0. The number of hydrogen-bond donors (Lipinski definition) is 2. The highest BCUT2D eigenvalue weighted by molar-refractivity contribution is 5.70. The SMILES string of the molecule is C=C1C[C@@H]2CC[C@@]34CC5O[C@H]6[C@@H](O3)[C@H]3O[C@H](CC[C@@H]3O[C@H]6C5O4)CC(=O)O[C@@H]3[C@@H](C)[C@@H]4O[C@@H]5C[C@]6(C[C@@H]7O[C@]8(C[C@H](C)[C@@H]9O[C@H]([C@@H](O)CCO)C[C@@H]9O8)C[C@H](C)[C@@H]7O6)O[C@@H]5C[C@@H]4O[C@H]3C[C@H]3O[C@@H](CC[C@@H]1O2)C[C@@H](C)C3=C. The minimum absolute atomic E-state index is 0.0111. The summed E-state index contributed by atoms with van der Waals surface area (Å²) in [7, 11) is 0. The highest BCUT2D eigenvalue weighted by Crippen LogP contribution is 2.58. The molecule has 3 spiro atoms. The van der Waals surface area contributed by atoms with E-state index in [1.807, 2.05) is 0 Å². The van der Waals surface area contributed by atoms with Gasteiger partial charge in [0.25, 0.3) is 0 Å². The smallest absolute Gasteiger partial charge is 0.308 e. The molecule has 77 heavy (non-hydrogen) atoms. The minimum atomic E-state index is -0.900. The first-order chi connectivity index (χ1) is 37.1. The Kier molecular flexibility index (Phi) is 13.2. The largest absolute Gasteiger partial charge is 0.459 e. The lowest BCUT2D eigenvalue weighted by molar-refractivity contribution is -0.347. The number of ether oxygens (including phenoxy) is 15. The number of aliphatic hydroxyl groups is 2. The van der Waals surface area contributed by atoms with E-state index in [1.165, 1.54) is 0 Å². The van der Waals surface area contributed by atoms with E-state index in [1.54, 1.807) is 0 Å². The molecule has 0 aromatic carbocycles. The summed E-state index contributed by atoms with van der Waals surface area (Å²) in [5.41, 5.74) is 2.16. The fraction of sp³-hybridized carbons (Fsp3) is 0.915. The number of rotatable bonds is 3. The van der Waals surface area contributed by atoms with Crippen molar-refractivity contribution in [2.24, 2.45) is 23.7 Å². The maximum atomic E-state index is 14.6. The average Bonchev–Trinajstić information content (AvgIpc) is 4.23. The quantitative estimate of drug-likeness (QED) is 0.263. The van der Waals surface area contributed by atoms with Crippen molar-refractivity contribution in [3.63, 3.8) is 0 Å². The predicted octanol–water partition coefficient (Wildman–Crippen LogP) is 5.56. The van der Waals surface area contributed by atoms with E-state index in [4.69, 9.17) is 71.1 Å². The molecule has 0 radical (unpaired) electrons. The zero-order valence-electron chi connectivity index (χ0n) is 45.4. The summed E-state index contributed by atoms with van der Waals surface area (Å²) in [6.45, 7) is 17.8. The van der Waals surface area contributed by atoms with Gasteiger partial charge in [0.05, 0.1) is 116 Å². The lowest BCUT2D eigenvalue weighted by Crippen LogP contribution is -2.62. The third-order valence-electron chi connectivity index (χ3n) is 21.6. The van der Waals surface area contributed by atoms with Crippen molar-refractivity contribution in [2.75, 3.05) is 6.61 Å². The molecule has 31 atom stereocenters. The molecule has 18 heteroatoms. The number of aliphatic hydroxyl groups excluding tert-OH is 2. The predicted molar refractivity (Wildman–Crippen MR) is 268 cm³/mol.